The van der Waals surface area contributed by atoms with Crippen molar-refractivity contribution in [1.29, 1.82) is 0 Å². The summed E-state index contributed by atoms with van der Waals surface area (Å²) in [5.41, 5.74) is 5.03. The van der Waals surface area contributed by atoms with Crippen molar-refractivity contribution in [2.24, 2.45) is 0 Å². The molecule has 0 aliphatic carbocycles. The van der Waals surface area contributed by atoms with E-state index in [9.17, 15) is 0 Å². The van der Waals surface area contributed by atoms with Gasteiger partial charge in [-0.05, 0) is 37.1 Å². The Labute approximate surface area is 109 Å². The summed E-state index contributed by atoms with van der Waals surface area (Å²) in [5.74, 6) is 0.876. The molecule has 0 aliphatic rings. The molecule has 18 heavy (non-hydrogen) atoms. The van der Waals surface area contributed by atoms with Crippen molar-refractivity contribution < 1.29 is 4.74 Å². The first-order valence-corrected chi connectivity index (χ1v) is 6.13. The van der Waals surface area contributed by atoms with Crippen LogP contribution in [0.3, 0.4) is 0 Å². The molecule has 0 bridgehead atoms. The normalized spacial score (nSPS) is 10.2. The molecule has 1 N–H and O–H groups in total. The average Bonchev–Trinajstić information content (AvgIpc) is 2.38. The minimum Gasteiger partial charge on any atom is -0.497 e. The lowest BCUT2D eigenvalue weighted by atomic mass is 10.1. The van der Waals surface area contributed by atoms with Gasteiger partial charge in [0, 0.05) is 18.3 Å². The number of anilines is 1. The lowest BCUT2D eigenvalue weighted by Gasteiger charge is -2.10. The Morgan fingerprint density at radius 1 is 1.06 bits per heavy atom. The zero-order chi connectivity index (χ0) is 13.0. The van der Waals surface area contributed by atoms with Gasteiger partial charge in [0.2, 0.25) is 0 Å². The van der Waals surface area contributed by atoms with Crippen LogP contribution in [0.25, 0.3) is 0 Å². The second-order valence-electron chi connectivity index (χ2n) is 4.52. The summed E-state index contributed by atoms with van der Waals surface area (Å²) in [6, 6.07) is 14.5. The minimum atomic E-state index is 0.833. The number of ether oxygens (including phenoxy) is 1. The number of rotatable bonds is 4. The maximum atomic E-state index is 5.21. The van der Waals surface area contributed by atoms with Gasteiger partial charge < -0.3 is 10.1 Å². The molecule has 0 unspecified atom stereocenters. The molecule has 2 nitrogen and oxygen atoms in total. The van der Waals surface area contributed by atoms with E-state index in [-0.39, 0.29) is 0 Å². The second kappa shape index (κ2) is 5.58. The third-order valence-electron chi connectivity index (χ3n) is 3.05. The summed E-state index contributed by atoms with van der Waals surface area (Å²) in [4.78, 5) is 0. The molecule has 2 aromatic carbocycles. The van der Waals surface area contributed by atoms with Crippen LogP contribution in [0.2, 0.25) is 0 Å². The van der Waals surface area contributed by atoms with Crippen molar-refractivity contribution in [3.05, 3.63) is 59.2 Å². The van der Waals surface area contributed by atoms with Gasteiger partial charge in [-0.25, -0.2) is 0 Å². The van der Waals surface area contributed by atoms with Gasteiger partial charge in [0.1, 0.15) is 5.75 Å². The van der Waals surface area contributed by atoms with Gasteiger partial charge in [-0.15, -0.1) is 0 Å². The van der Waals surface area contributed by atoms with Gasteiger partial charge in [-0.2, -0.15) is 0 Å². The van der Waals surface area contributed by atoms with Gasteiger partial charge in [0.25, 0.3) is 0 Å². The van der Waals surface area contributed by atoms with E-state index in [2.05, 4.69) is 37.4 Å². The molecule has 94 valence electrons. The average molecular weight is 241 g/mol. The van der Waals surface area contributed by atoms with Gasteiger partial charge in [0.05, 0.1) is 7.11 Å². The zero-order valence-electron chi connectivity index (χ0n) is 11.2. The third-order valence-corrected chi connectivity index (χ3v) is 3.05. The van der Waals surface area contributed by atoms with E-state index in [1.54, 1.807) is 7.11 Å². The summed E-state index contributed by atoms with van der Waals surface area (Å²) in [6.07, 6.45) is 0. The molecule has 0 fully saturated rings. The Bertz CT molecular complexity index is 534. The SMILES string of the molecule is COc1cccc(NCc2ccc(C)cc2C)c1. The van der Waals surface area contributed by atoms with Crippen molar-refractivity contribution in [2.45, 2.75) is 20.4 Å². The van der Waals surface area contributed by atoms with E-state index in [0.717, 1.165) is 18.0 Å². The standard InChI is InChI=1S/C16H19NO/c1-12-7-8-14(13(2)9-12)11-17-15-5-4-6-16(10-15)18-3/h4-10,17H,11H2,1-3H3. The second-order valence-corrected chi connectivity index (χ2v) is 4.52. The smallest absolute Gasteiger partial charge is 0.120 e. The van der Waals surface area contributed by atoms with E-state index in [1.165, 1.54) is 16.7 Å². The van der Waals surface area contributed by atoms with Crippen LogP contribution in [-0.2, 0) is 6.54 Å². The van der Waals surface area contributed by atoms with E-state index in [0.29, 0.717) is 0 Å². The highest BCUT2D eigenvalue weighted by Crippen LogP contribution is 2.18. The molecular formula is C16H19NO. The first-order valence-electron chi connectivity index (χ1n) is 6.13. The van der Waals surface area contributed by atoms with Gasteiger partial charge in [-0.1, -0.05) is 29.8 Å². The first-order chi connectivity index (χ1) is 8.69. The van der Waals surface area contributed by atoms with E-state index >= 15 is 0 Å². The fourth-order valence-electron chi connectivity index (χ4n) is 1.97. The van der Waals surface area contributed by atoms with Gasteiger partial charge >= 0.3 is 0 Å². The summed E-state index contributed by atoms with van der Waals surface area (Å²) in [7, 11) is 1.68. The molecule has 0 heterocycles. The lowest BCUT2D eigenvalue weighted by molar-refractivity contribution is 0.415. The molecule has 0 spiro atoms. The maximum absolute atomic E-state index is 5.21. The van der Waals surface area contributed by atoms with Crippen LogP contribution in [0.5, 0.6) is 5.75 Å². The first kappa shape index (κ1) is 12.5. The molecule has 0 aliphatic heterocycles. The highest BCUT2D eigenvalue weighted by Gasteiger charge is 1.99. The third kappa shape index (κ3) is 3.04. The summed E-state index contributed by atoms with van der Waals surface area (Å²) in [5, 5.41) is 3.42. The van der Waals surface area contributed by atoms with Crippen LogP contribution in [0.15, 0.2) is 42.5 Å². The van der Waals surface area contributed by atoms with E-state index in [4.69, 9.17) is 4.74 Å². The number of nitrogens with one attached hydrogen (secondary N) is 1. The lowest BCUT2D eigenvalue weighted by Crippen LogP contribution is -2.01. The minimum absolute atomic E-state index is 0.833. The predicted molar refractivity (Wildman–Crippen MR) is 76.2 cm³/mol. The number of hydrogen-bond acceptors (Lipinski definition) is 2. The number of hydrogen-bond donors (Lipinski definition) is 1. The van der Waals surface area contributed by atoms with Crippen LogP contribution in [0.4, 0.5) is 5.69 Å². The molecule has 0 radical (unpaired) electrons. The van der Waals surface area contributed by atoms with Crippen molar-refractivity contribution >= 4 is 5.69 Å². The highest BCUT2D eigenvalue weighted by atomic mass is 16.5. The van der Waals surface area contributed by atoms with Gasteiger partial charge in [-0.3, -0.25) is 0 Å². The summed E-state index contributed by atoms with van der Waals surface area (Å²) >= 11 is 0. The molecule has 2 heteroatoms. The molecule has 2 aromatic rings. The maximum Gasteiger partial charge on any atom is 0.120 e. The molecule has 2 rings (SSSR count). The molecule has 0 saturated heterocycles. The Morgan fingerprint density at radius 2 is 1.89 bits per heavy atom. The van der Waals surface area contributed by atoms with Crippen LogP contribution >= 0.6 is 0 Å². The van der Waals surface area contributed by atoms with Crippen LogP contribution in [0, 0.1) is 13.8 Å². The quantitative estimate of drug-likeness (QED) is 0.875. The Kier molecular flexibility index (Phi) is 3.88. The highest BCUT2D eigenvalue weighted by molar-refractivity contribution is 5.49. The van der Waals surface area contributed by atoms with Crippen LogP contribution < -0.4 is 10.1 Å². The Morgan fingerprint density at radius 3 is 2.61 bits per heavy atom. The van der Waals surface area contributed by atoms with Crippen molar-refractivity contribution in [1.82, 2.24) is 0 Å². The van der Waals surface area contributed by atoms with E-state index < -0.39 is 0 Å². The number of benzene rings is 2. The molecule has 0 saturated carbocycles. The monoisotopic (exact) mass is 241 g/mol. The van der Waals surface area contributed by atoms with Crippen molar-refractivity contribution in [2.75, 3.05) is 12.4 Å². The van der Waals surface area contributed by atoms with Crippen molar-refractivity contribution in [3.8, 4) is 5.75 Å². The van der Waals surface area contributed by atoms with Gasteiger partial charge in [0.15, 0.2) is 0 Å². The predicted octanol–water partition coefficient (Wildman–Crippen LogP) is 3.92. The Balaban J connectivity index is 2.06. The number of methoxy groups -OCH3 is 1. The zero-order valence-corrected chi connectivity index (χ0v) is 11.2. The van der Waals surface area contributed by atoms with Crippen LogP contribution in [0.1, 0.15) is 16.7 Å². The molecule has 0 amide bonds. The summed E-state index contributed by atoms with van der Waals surface area (Å²) < 4.78 is 5.21. The van der Waals surface area contributed by atoms with Crippen molar-refractivity contribution in [3.63, 3.8) is 0 Å². The largest absolute Gasteiger partial charge is 0.497 e. The molecular weight excluding hydrogens is 222 g/mol. The fraction of sp³-hybridized carbons (Fsp3) is 0.250. The molecule has 0 atom stereocenters. The number of aryl methyl sites for hydroxylation is 2. The molecule has 0 aromatic heterocycles. The summed E-state index contributed by atoms with van der Waals surface area (Å²) in [6.45, 7) is 5.10. The van der Waals surface area contributed by atoms with Crippen LogP contribution in [-0.4, -0.2) is 7.11 Å². The topological polar surface area (TPSA) is 21.3 Å². The van der Waals surface area contributed by atoms with E-state index in [1.807, 2.05) is 24.3 Å². The fourth-order valence-corrected chi connectivity index (χ4v) is 1.97. The Hall–Kier alpha value is -1.96.